The van der Waals surface area contributed by atoms with Crippen molar-refractivity contribution in [1.82, 2.24) is 0 Å². The van der Waals surface area contributed by atoms with Crippen LogP contribution >= 0.6 is 0 Å². The fourth-order valence-electron chi connectivity index (χ4n) is 2.28. The number of rotatable bonds is 9. The molecule has 0 saturated carbocycles. The predicted octanol–water partition coefficient (Wildman–Crippen LogP) is 4.44. The van der Waals surface area contributed by atoms with Crippen LogP contribution in [0.15, 0.2) is 24.3 Å². The van der Waals surface area contributed by atoms with Gasteiger partial charge in [0.05, 0.1) is 0 Å². The Balaban J connectivity index is 2.44. The number of hydrogen-bond donors (Lipinski definition) is 0. The zero-order valence-corrected chi connectivity index (χ0v) is 14.6. The second kappa shape index (κ2) is 10.0. The summed E-state index contributed by atoms with van der Waals surface area (Å²) in [4.78, 5) is 23.9. The van der Waals surface area contributed by atoms with Crippen LogP contribution in [0, 0.1) is 12.8 Å². The zero-order chi connectivity index (χ0) is 17.2. The largest absolute Gasteiger partial charge is 0.451 e. The van der Waals surface area contributed by atoms with Crippen molar-refractivity contribution in [3.05, 3.63) is 29.8 Å². The molecule has 0 heterocycles. The second-order valence-electron chi connectivity index (χ2n) is 5.99. The normalized spacial score (nSPS) is 13.2. The van der Waals surface area contributed by atoms with Crippen molar-refractivity contribution >= 4 is 11.9 Å². The molecule has 128 valence electrons. The average Bonchev–Trinajstić information content (AvgIpc) is 2.53. The van der Waals surface area contributed by atoms with Crippen LogP contribution in [0.2, 0.25) is 0 Å². The van der Waals surface area contributed by atoms with E-state index in [1.165, 1.54) is 0 Å². The van der Waals surface area contributed by atoms with E-state index in [0.29, 0.717) is 18.1 Å². The molecule has 0 amide bonds. The monoisotopic (exact) mass is 320 g/mol. The Labute approximate surface area is 139 Å². The Morgan fingerprint density at radius 2 is 1.78 bits per heavy atom. The molecule has 4 nitrogen and oxygen atoms in total. The molecule has 1 rings (SSSR count). The summed E-state index contributed by atoms with van der Waals surface area (Å²) in [5.41, 5.74) is 1.09. The number of benzene rings is 1. The molecule has 0 bridgehead atoms. The topological polar surface area (TPSA) is 52.6 Å². The molecule has 23 heavy (non-hydrogen) atoms. The highest BCUT2D eigenvalue weighted by atomic mass is 16.6. The minimum absolute atomic E-state index is 0.322. The Kier molecular flexibility index (Phi) is 8.38. The summed E-state index contributed by atoms with van der Waals surface area (Å²) >= 11 is 0. The molecule has 0 spiro atoms. The molecular formula is C19H28O4. The summed E-state index contributed by atoms with van der Waals surface area (Å²) in [7, 11) is 0. The molecule has 2 atom stereocenters. The molecule has 1 aromatic rings. The highest BCUT2D eigenvalue weighted by Gasteiger charge is 2.21. The SMILES string of the molecule is CCCCC(CC)CC(=O)OC(C)C(=O)Oc1ccc(C)cc1. The van der Waals surface area contributed by atoms with Gasteiger partial charge in [-0.15, -0.1) is 0 Å². The first-order chi connectivity index (χ1) is 11.0. The van der Waals surface area contributed by atoms with Gasteiger partial charge < -0.3 is 9.47 Å². The summed E-state index contributed by atoms with van der Waals surface area (Å²) in [5, 5.41) is 0. The van der Waals surface area contributed by atoms with E-state index in [9.17, 15) is 9.59 Å². The molecule has 1 aromatic carbocycles. The minimum atomic E-state index is -0.896. The summed E-state index contributed by atoms with van der Waals surface area (Å²) in [6.07, 6.45) is 3.65. The summed E-state index contributed by atoms with van der Waals surface area (Å²) in [6.45, 7) is 7.71. The number of hydrogen-bond acceptors (Lipinski definition) is 4. The zero-order valence-electron chi connectivity index (χ0n) is 14.6. The fourth-order valence-corrected chi connectivity index (χ4v) is 2.28. The van der Waals surface area contributed by atoms with Crippen LogP contribution in [-0.4, -0.2) is 18.0 Å². The standard InChI is InChI=1S/C19H28O4/c1-5-7-8-16(6-2)13-18(20)22-15(4)19(21)23-17-11-9-14(3)10-12-17/h9-12,15-16H,5-8,13H2,1-4H3. The molecule has 0 aliphatic heterocycles. The average molecular weight is 320 g/mol. The highest BCUT2D eigenvalue weighted by molar-refractivity contribution is 5.80. The Morgan fingerprint density at radius 3 is 2.35 bits per heavy atom. The van der Waals surface area contributed by atoms with Gasteiger partial charge in [-0.2, -0.15) is 0 Å². The Hall–Kier alpha value is -1.84. The maximum atomic E-state index is 12.0. The Bertz CT molecular complexity index is 493. The van der Waals surface area contributed by atoms with Gasteiger partial charge in [-0.1, -0.05) is 50.8 Å². The molecule has 4 heteroatoms. The number of unbranched alkanes of at least 4 members (excludes halogenated alkanes) is 1. The van der Waals surface area contributed by atoms with Crippen LogP contribution in [0.4, 0.5) is 0 Å². The Morgan fingerprint density at radius 1 is 1.13 bits per heavy atom. The molecule has 0 saturated heterocycles. The second-order valence-corrected chi connectivity index (χ2v) is 5.99. The van der Waals surface area contributed by atoms with E-state index in [0.717, 1.165) is 31.2 Å². The number of aryl methyl sites for hydroxylation is 1. The van der Waals surface area contributed by atoms with Gasteiger partial charge in [-0.3, -0.25) is 4.79 Å². The van der Waals surface area contributed by atoms with E-state index in [-0.39, 0.29) is 5.97 Å². The van der Waals surface area contributed by atoms with Crippen molar-refractivity contribution in [1.29, 1.82) is 0 Å². The van der Waals surface area contributed by atoms with Crippen LogP contribution in [-0.2, 0) is 14.3 Å². The minimum Gasteiger partial charge on any atom is -0.451 e. The lowest BCUT2D eigenvalue weighted by Crippen LogP contribution is -2.29. The van der Waals surface area contributed by atoms with Gasteiger partial charge >= 0.3 is 11.9 Å². The van der Waals surface area contributed by atoms with Crippen LogP contribution in [0.3, 0.4) is 0 Å². The fraction of sp³-hybridized carbons (Fsp3) is 0.579. The van der Waals surface area contributed by atoms with Gasteiger partial charge in [0.1, 0.15) is 5.75 Å². The molecule has 0 aliphatic carbocycles. The van der Waals surface area contributed by atoms with Crippen molar-refractivity contribution < 1.29 is 19.1 Å². The van der Waals surface area contributed by atoms with E-state index in [1.54, 1.807) is 19.1 Å². The van der Waals surface area contributed by atoms with Crippen LogP contribution in [0.25, 0.3) is 0 Å². The lowest BCUT2D eigenvalue weighted by atomic mass is 9.96. The quantitative estimate of drug-likeness (QED) is 0.498. The van der Waals surface area contributed by atoms with E-state index in [4.69, 9.17) is 9.47 Å². The van der Waals surface area contributed by atoms with Gasteiger partial charge in [-0.05, 0) is 38.3 Å². The van der Waals surface area contributed by atoms with Gasteiger partial charge in [0.2, 0.25) is 0 Å². The first-order valence-corrected chi connectivity index (χ1v) is 8.44. The number of esters is 2. The van der Waals surface area contributed by atoms with Gasteiger partial charge in [0.25, 0.3) is 0 Å². The van der Waals surface area contributed by atoms with Gasteiger partial charge in [-0.25, -0.2) is 4.79 Å². The van der Waals surface area contributed by atoms with Gasteiger partial charge in [0.15, 0.2) is 6.10 Å². The van der Waals surface area contributed by atoms with E-state index in [1.807, 2.05) is 19.1 Å². The molecule has 2 unspecified atom stereocenters. The first-order valence-electron chi connectivity index (χ1n) is 8.44. The van der Waals surface area contributed by atoms with Gasteiger partial charge in [0, 0.05) is 6.42 Å². The number of ether oxygens (including phenoxy) is 2. The maximum Gasteiger partial charge on any atom is 0.352 e. The van der Waals surface area contributed by atoms with Crippen molar-refractivity contribution in [3.8, 4) is 5.75 Å². The van der Waals surface area contributed by atoms with E-state index >= 15 is 0 Å². The predicted molar refractivity (Wildman–Crippen MR) is 90.3 cm³/mol. The summed E-state index contributed by atoms with van der Waals surface area (Å²) in [5.74, 6) is -0.106. The third kappa shape index (κ3) is 7.31. The van der Waals surface area contributed by atoms with Crippen molar-refractivity contribution in [2.75, 3.05) is 0 Å². The lowest BCUT2D eigenvalue weighted by molar-refractivity contribution is -0.161. The van der Waals surface area contributed by atoms with Crippen molar-refractivity contribution in [3.63, 3.8) is 0 Å². The van der Waals surface area contributed by atoms with E-state index in [2.05, 4.69) is 13.8 Å². The lowest BCUT2D eigenvalue weighted by Gasteiger charge is -2.16. The highest BCUT2D eigenvalue weighted by Crippen LogP contribution is 2.18. The van der Waals surface area contributed by atoms with Crippen molar-refractivity contribution in [2.24, 2.45) is 5.92 Å². The first kappa shape index (κ1) is 19.2. The molecule has 0 radical (unpaired) electrons. The number of carbonyl (C=O) groups excluding carboxylic acids is 2. The maximum absolute atomic E-state index is 12.0. The number of carbonyl (C=O) groups is 2. The smallest absolute Gasteiger partial charge is 0.352 e. The molecular weight excluding hydrogens is 292 g/mol. The van der Waals surface area contributed by atoms with Crippen LogP contribution in [0.1, 0.15) is 58.4 Å². The third-order valence-electron chi connectivity index (χ3n) is 3.88. The summed E-state index contributed by atoms with van der Waals surface area (Å²) < 4.78 is 10.4. The van der Waals surface area contributed by atoms with Crippen LogP contribution < -0.4 is 4.74 Å². The molecule has 0 fully saturated rings. The third-order valence-corrected chi connectivity index (χ3v) is 3.88. The molecule has 0 aromatic heterocycles. The van der Waals surface area contributed by atoms with E-state index < -0.39 is 12.1 Å². The van der Waals surface area contributed by atoms with Crippen molar-refractivity contribution in [2.45, 2.75) is 65.9 Å². The van der Waals surface area contributed by atoms with Crippen LogP contribution in [0.5, 0.6) is 5.75 Å². The molecule has 0 aliphatic rings. The molecule has 0 N–H and O–H groups in total. The summed E-state index contributed by atoms with van der Waals surface area (Å²) in [6, 6.07) is 7.16.